The summed E-state index contributed by atoms with van der Waals surface area (Å²) in [4.78, 5) is 53.7. The van der Waals surface area contributed by atoms with E-state index in [0.29, 0.717) is 0 Å². The largest absolute Gasteiger partial charge is 0.481 e. The van der Waals surface area contributed by atoms with Crippen LogP contribution in [0.1, 0.15) is 6.42 Å². The molecule has 0 amide bonds. The number of hydrogen-bond donors (Lipinski definition) is 6. The van der Waals surface area contributed by atoms with Crippen molar-refractivity contribution >= 4 is 29.8 Å². The Balaban J connectivity index is 5.50. The third-order valence-corrected chi connectivity index (χ3v) is 2.40. The second-order valence-electron chi connectivity index (χ2n) is 3.98. The molecular formula is C10H12O12. The van der Waals surface area contributed by atoms with Crippen LogP contribution in [-0.2, 0) is 28.7 Å². The minimum atomic E-state index is -2.68. The molecule has 0 saturated heterocycles. The topological polar surface area (TPSA) is 216 Å². The van der Waals surface area contributed by atoms with Gasteiger partial charge in [0.25, 0.3) is 0 Å². The second-order valence-corrected chi connectivity index (χ2v) is 3.98. The molecule has 0 bridgehead atoms. The van der Waals surface area contributed by atoms with Crippen molar-refractivity contribution in [2.45, 2.75) is 24.7 Å². The van der Waals surface area contributed by atoms with Gasteiger partial charge in [-0.2, -0.15) is 0 Å². The van der Waals surface area contributed by atoms with E-state index in [1.165, 1.54) is 0 Å². The van der Waals surface area contributed by atoms with Gasteiger partial charge in [0.05, 0.1) is 6.42 Å². The van der Waals surface area contributed by atoms with Crippen molar-refractivity contribution in [2.24, 2.45) is 5.92 Å². The lowest BCUT2D eigenvalue weighted by molar-refractivity contribution is -0.190. The average Bonchev–Trinajstić information content (AvgIpc) is 2.35. The number of carboxylic acids is 5. The fraction of sp³-hybridized carbons (Fsp3) is 0.500. The third kappa shape index (κ3) is 5.34. The van der Waals surface area contributed by atoms with Gasteiger partial charge < -0.3 is 35.4 Å². The number of carbonyl (C=O) groups is 5. The van der Waals surface area contributed by atoms with Gasteiger partial charge in [-0.3, -0.25) is 9.59 Å². The molecule has 0 saturated carbocycles. The van der Waals surface area contributed by atoms with E-state index in [4.69, 9.17) is 30.6 Å². The van der Waals surface area contributed by atoms with Crippen molar-refractivity contribution in [3.8, 4) is 0 Å². The zero-order chi connectivity index (χ0) is 17.6. The van der Waals surface area contributed by atoms with Crippen LogP contribution < -0.4 is 0 Å². The maximum absolute atomic E-state index is 11.0. The SMILES string of the molecule is O=C(O)CC(C(=O)O)C(OC(C(=O)O)C(O)C(=O)O)C(=O)O. The lowest BCUT2D eigenvalue weighted by Crippen LogP contribution is -2.48. The van der Waals surface area contributed by atoms with Gasteiger partial charge in [0, 0.05) is 0 Å². The quantitative estimate of drug-likeness (QED) is 0.246. The predicted octanol–water partition coefficient (Wildman–Crippen LogP) is -2.47. The molecule has 0 heterocycles. The number of hydrogen-bond acceptors (Lipinski definition) is 7. The highest BCUT2D eigenvalue weighted by Gasteiger charge is 2.43. The Morgan fingerprint density at radius 2 is 1.18 bits per heavy atom. The molecule has 0 aliphatic heterocycles. The summed E-state index contributed by atoms with van der Waals surface area (Å²) in [7, 11) is 0. The molecule has 4 atom stereocenters. The van der Waals surface area contributed by atoms with Gasteiger partial charge in [-0.25, -0.2) is 14.4 Å². The number of ether oxygens (including phenoxy) is 1. The maximum atomic E-state index is 11.0. The normalized spacial score (nSPS) is 16.0. The highest BCUT2D eigenvalue weighted by atomic mass is 16.6. The van der Waals surface area contributed by atoms with Gasteiger partial charge >= 0.3 is 29.8 Å². The van der Waals surface area contributed by atoms with Gasteiger partial charge in [-0.1, -0.05) is 0 Å². The molecule has 22 heavy (non-hydrogen) atoms. The van der Waals surface area contributed by atoms with Crippen LogP contribution in [0.2, 0.25) is 0 Å². The van der Waals surface area contributed by atoms with E-state index in [-0.39, 0.29) is 0 Å². The monoisotopic (exact) mass is 324 g/mol. The Labute approximate surface area is 121 Å². The molecule has 0 aliphatic carbocycles. The molecule has 6 N–H and O–H groups in total. The molecule has 12 nitrogen and oxygen atoms in total. The highest BCUT2D eigenvalue weighted by Crippen LogP contribution is 2.18. The highest BCUT2D eigenvalue weighted by molar-refractivity contribution is 5.87. The van der Waals surface area contributed by atoms with Crippen molar-refractivity contribution in [3.63, 3.8) is 0 Å². The molecule has 0 radical (unpaired) electrons. The van der Waals surface area contributed by atoms with E-state index in [2.05, 4.69) is 4.74 Å². The van der Waals surface area contributed by atoms with Crippen molar-refractivity contribution in [1.82, 2.24) is 0 Å². The van der Waals surface area contributed by atoms with Gasteiger partial charge in [-0.05, 0) is 0 Å². The Bertz CT molecular complexity index is 482. The molecule has 12 heteroatoms. The predicted molar refractivity (Wildman–Crippen MR) is 61.0 cm³/mol. The summed E-state index contributed by atoms with van der Waals surface area (Å²) >= 11 is 0. The number of carboxylic acid groups (broad SMARTS) is 5. The van der Waals surface area contributed by atoms with Crippen molar-refractivity contribution in [3.05, 3.63) is 0 Å². The third-order valence-electron chi connectivity index (χ3n) is 2.40. The molecule has 0 rings (SSSR count). The zero-order valence-corrected chi connectivity index (χ0v) is 10.6. The van der Waals surface area contributed by atoms with E-state index in [9.17, 15) is 24.0 Å². The van der Waals surface area contributed by atoms with Crippen LogP contribution >= 0.6 is 0 Å². The van der Waals surface area contributed by atoms with E-state index < -0.39 is 60.5 Å². The Hall–Kier alpha value is -2.73. The van der Waals surface area contributed by atoms with Crippen molar-refractivity contribution < 1.29 is 59.3 Å². The summed E-state index contributed by atoms with van der Waals surface area (Å²) in [5.41, 5.74) is 0. The molecule has 0 fully saturated rings. The zero-order valence-electron chi connectivity index (χ0n) is 10.6. The molecule has 124 valence electrons. The van der Waals surface area contributed by atoms with Crippen LogP contribution in [0.4, 0.5) is 0 Å². The standard InChI is InChI=1S/C10H12O12/c11-3(12)1-2(7(14)15)5(9(18)19)22-6(10(20)21)4(13)8(16)17/h2,4-6,13H,1H2,(H,11,12)(H,14,15)(H,16,17)(H,18,19)(H,20,21). The van der Waals surface area contributed by atoms with E-state index in [1.807, 2.05) is 0 Å². The summed E-state index contributed by atoms with van der Waals surface area (Å²) in [5, 5.41) is 52.5. The van der Waals surface area contributed by atoms with Crippen LogP contribution in [0, 0.1) is 5.92 Å². The minimum Gasteiger partial charge on any atom is -0.481 e. The first-order chi connectivity index (χ1) is 9.98. The molecule has 0 aromatic rings. The number of aliphatic carboxylic acids is 5. The lowest BCUT2D eigenvalue weighted by atomic mass is 9.98. The first kappa shape index (κ1) is 19.3. The first-order valence-corrected chi connectivity index (χ1v) is 5.45. The van der Waals surface area contributed by atoms with Gasteiger partial charge in [0.15, 0.2) is 18.3 Å². The van der Waals surface area contributed by atoms with Crippen LogP contribution in [0.5, 0.6) is 0 Å². The number of aliphatic hydroxyl groups excluding tert-OH is 1. The maximum Gasteiger partial charge on any atom is 0.336 e. The van der Waals surface area contributed by atoms with Gasteiger partial charge in [0.1, 0.15) is 5.92 Å². The summed E-state index contributed by atoms with van der Waals surface area (Å²) in [5.74, 6) is -12.0. The molecule has 0 aromatic carbocycles. The van der Waals surface area contributed by atoms with Crippen LogP contribution in [0.3, 0.4) is 0 Å². The van der Waals surface area contributed by atoms with Crippen LogP contribution in [0.15, 0.2) is 0 Å². The van der Waals surface area contributed by atoms with E-state index in [0.717, 1.165) is 0 Å². The summed E-state index contributed by atoms with van der Waals surface area (Å²) in [6.45, 7) is 0. The smallest absolute Gasteiger partial charge is 0.336 e. The Morgan fingerprint density at radius 1 is 0.727 bits per heavy atom. The summed E-state index contributed by atoms with van der Waals surface area (Å²) < 4.78 is 4.35. The molecule has 0 spiro atoms. The fourth-order valence-electron chi connectivity index (χ4n) is 1.39. The number of rotatable bonds is 10. The second kappa shape index (κ2) is 7.90. The van der Waals surface area contributed by atoms with E-state index in [1.54, 1.807) is 0 Å². The lowest BCUT2D eigenvalue weighted by Gasteiger charge is -2.24. The molecule has 0 aliphatic rings. The van der Waals surface area contributed by atoms with Crippen molar-refractivity contribution in [2.75, 3.05) is 0 Å². The summed E-state index contributed by atoms with van der Waals surface area (Å²) in [6.07, 6.45) is -9.00. The van der Waals surface area contributed by atoms with Crippen LogP contribution in [0.25, 0.3) is 0 Å². The van der Waals surface area contributed by atoms with Crippen LogP contribution in [-0.4, -0.2) is 78.8 Å². The fourth-order valence-corrected chi connectivity index (χ4v) is 1.39. The number of aliphatic hydroxyl groups is 1. The van der Waals surface area contributed by atoms with Crippen molar-refractivity contribution in [1.29, 1.82) is 0 Å². The molecular weight excluding hydrogens is 312 g/mol. The van der Waals surface area contributed by atoms with Gasteiger partial charge in [0.2, 0.25) is 0 Å². The van der Waals surface area contributed by atoms with E-state index >= 15 is 0 Å². The Kier molecular flexibility index (Phi) is 6.92. The Morgan fingerprint density at radius 3 is 1.45 bits per heavy atom. The minimum absolute atomic E-state index is 1.22. The molecule has 0 aromatic heterocycles. The molecule has 4 unspecified atom stereocenters. The average molecular weight is 324 g/mol. The first-order valence-electron chi connectivity index (χ1n) is 5.45. The van der Waals surface area contributed by atoms with Gasteiger partial charge in [-0.15, -0.1) is 0 Å². The summed E-state index contributed by atoms with van der Waals surface area (Å²) in [6, 6.07) is 0.